The molecule has 0 saturated heterocycles. The fourth-order valence-corrected chi connectivity index (χ4v) is 2.67. The lowest BCUT2D eigenvalue weighted by Gasteiger charge is -2.17. The summed E-state index contributed by atoms with van der Waals surface area (Å²) in [6.07, 6.45) is 5.13. The van der Waals surface area contributed by atoms with E-state index in [4.69, 9.17) is 5.73 Å². The van der Waals surface area contributed by atoms with Crippen molar-refractivity contribution in [2.75, 3.05) is 5.73 Å². The average Bonchev–Trinajstić information content (AvgIpc) is 2.69. The number of nitrogens with zero attached hydrogens (tertiary/aromatic N) is 2. The van der Waals surface area contributed by atoms with Crippen LogP contribution >= 0.6 is 0 Å². The minimum absolute atomic E-state index is 0.744. The number of nitrogen functional groups attached to an aromatic ring is 1. The Morgan fingerprint density at radius 1 is 1.32 bits per heavy atom. The number of rotatable bonds is 6. The van der Waals surface area contributed by atoms with Gasteiger partial charge < -0.3 is 10.3 Å². The Hall–Kier alpha value is -1.51. The van der Waals surface area contributed by atoms with E-state index in [1.54, 1.807) is 0 Å². The quantitative estimate of drug-likeness (QED) is 0.792. The van der Waals surface area contributed by atoms with Crippen LogP contribution in [0.15, 0.2) is 18.2 Å². The monoisotopic (exact) mass is 259 g/mol. The lowest BCUT2D eigenvalue weighted by molar-refractivity contribution is 0.392. The highest BCUT2D eigenvalue weighted by Gasteiger charge is 2.12. The number of aromatic nitrogens is 2. The van der Waals surface area contributed by atoms with Crippen LogP contribution in [0.4, 0.5) is 5.69 Å². The first-order chi connectivity index (χ1) is 9.15. The SMILES string of the molecule is CCCCC(CC)Cn1c(C)nc2cc(N)ccc21. The molecule has 0 aliphatic carbocycles. The number of unbranched alkanes of at least 4 members (excludes halogenated alkanes) is 1. The maximum absolute atomic E-state index is 5.83. The molecule has 0 radical (unpaired) electrons. The second-order valence-electron chi connectivity index (χ2n) is 5.43. The summed E-state index contributed by atoms with van der Waals surface area (Å²) in [7, 11) is 0. The van der Waals surface area contributed by atoms with Crippen molar-refractivity contribution in [1.82, 2.24) is 9.55 Å². The number of aryl methyl sites for hydroxylation is 1. The van der Waals surface area contributed by atoms with E-state index in [1.807, 2.05) is 12.1 Å². The largest absolute Gasteiger partial charge is 0.399 e. The van der Waals surface area contributed by atoms with Crippen molar-refractivity contribution < 1.29 is 0 Å². The summed E-state index contributed by atoms with van der Waals surface area (Å²) in [5.41, 5.74) is 8.84. The molecule has 0 amide bonds. The van der Waals surface area contributed by atoms with E-state index in [0.717, 1.165) is 29.5 Å². The highest BCUT2D eigenvalue weighted by molar-refractivity contribution is 5.79. The zero-order valence-corrected chi connectivity index (χ0v) is 12.3. The van der Waals surface area contributed by atoms with Gasteiger partial charge >= 0.3 is 0 Å². The Morgan fingerprint density at radius 2 is 2.11 bits per heavy atom. The molecule has 1 unspecified atom stereocenters. The van der Waals surface area contributed by atoms with Crippen molar-refractivity contribution in [3.05, 3.63) is 24.0 Å². The van der Waals surface area contributed by atoms with E-state index in [2.05, 4.69) is 36.4 Å². The van der Waals surface area contributed by atoms with Crippen LogP contribution in [-0.4, -0.2) is 9.55 Å². The van der Waals surface area contributed by atoms with Gasteiger partial charge in [-0.05, 0) is 37.5 Å². The molecule has 0 saturated carbocycles. The van der Waals surface area contributed by atoms with E-state index in [9.17, 15) is 0 Å². The van der Waals surface area contributed by atoms with Crippen LogP contribution in [0.2, 0.25) is 0 Å². The van der Waals surface area contributed by atoms with Gasteiger partial charge in [-0.3, -0.25) is 0 Å². The average molecular weight is 259 g/mol. The van der Waals surface area contributed by atoms with Gasteiger partial charge in [-0.25, -0.2) is 4.98 Å². The fraction of sp³-hybridized carbons (Fsp3) is 0.562. The van der Waals surface area contributed by atoms with E-state index >= 15 is 0 Å². The molecule has 2 rings (SSSR count). The van der Waals surface area contributed by atoms with Crippen molar-refractivity contribution in [1.29, 1.82) is 0 Å². The summed E-state index contributed by atoms with van der Waals surface area (Å²) < 4.78 is 2.35. The standard InChI is InChI=1S/C16H25N3/c1-4-6-7-13(5-2)11-19-12(3)18-15-10-14(17)8-9-16(15)19/h8-10,13H,4-7,11,17H2,1-3H3. The van der Waals surface area contributed by atoms with Gasteiger partial charge in [0, 0.05) is 12.2 Å². The lowest BCUT2D eigenvalue weighted by Crippen LogP contribution is -2.11. The third-order valence-electron chi connectivity index (χ3n) is 3.95. The van der Waals surface area contributed by atoms with Crippen molar-refractivity contribution >= 4 is 16.7 Å². The van der Waals surface area contributed by atoms with Crippen LogP contribution in [0.1, 0.15) is 45.4 Å². The van der Waals surface area contributed by atoms with E-state index in [-0.39, 0.29) is 0 Å². The normalized spacial score (nSPS) is 13.0. The van der Waals surface area contributed by atoms with Gasteiger partial charge in [0.25, 0.3) is 0 Å². The van der Waals surface area contributed by atoms with Crippen LogP contribution < -0.4 is 5.73 Å². The molecule has 0 aliphatic rings. The smallest absolute Gasteiger partial charge is 0.106 e. The Morgan fingerprint density at radius 3 is 2.79 bits per heavy atom. The number of fused-ring (bicyclic) bond motifs is 1. The van der Waals surface area contributed by atoms with Crippen LogP contribution in [0.3, 0.4) is 0 Å². The van der Waals surface area contributed by atoms with Crippen LogP contribution in [0.25, 0.3) is 11.0 Å². The summed E-state index contributed by atoms with van der Waals surface area (Å²) in [5, 5.41) is 0. The second-order valence-corrected chi connectivity index (χ2v) is 5.43. The van der Waals surface area contributed by atoms with Crippen molar-refractivity contribution in [2.24, 2.45) is 5.92 Å². The van der Waals surface area contributed by atoms with Crippen LogP contribution in [-0.2, 0) is 6.54 Å². The number of benzene rings is 1. The van der Waals surface area contributed by atoms with E-state index in [1.165, 1.54) is 31.2 Å². The molecule has 1 aromatic carbocycles. The first-order valence-corrected chi connectivity index (χ1v) is 7.38. The molecule has 0 aliphatic heterocycles. The third-order valence-corrected chi connectivity index (χ3v) is 3.95. The zero-order valence-electron chi connectivity index (χ0n) is 12.3. The van der Waals surface area contributed by atoms with Crippen molar-refractivity contribution in [3.8, 4) is 0 Å². The minimum Gasteiger partial charge on any atom is -0.399 e. The molecule has 1 heterocycles. The predicted molar refractivity (Wildman–Crippen MR) is 82.2 cm³/mol. The summed E-state index contributed by atoms with van der Waals surface area (Å²) in [6, 6.07) is 6.02. The topological polar surface area (TPSA) is 43.8 Å². The first-order valence-electron chi connectivity index (χ1n) is 7.38. The maximum atomic E-state index is 5.83. The van der Waals surface area contributed by atoms with Gasteiger partial charge in [-0.15, -0.1) is 0 Å². The number of hydrogen-bond donors (Lipinski definition) is 1. The van der Waals surface area contributed by atoms with Crippen molar-refractivity contribution in [3.63, 3.8) is 0 Å². The van der Waals surface area contributed by atoms with Gasteiger partial charge in [0.1, 0.15) is 5.82 Å². The number of imidazole rings is 1. The van der Waals surface area contributed by atoms with Gasteiger partial charge in [-0.1, -0.05) is 33.1 Å². The fourth-order valence-electron chi connectivity index (χ4n) is 2.67. The molecule has 0 bridgehead atoms. The molecule has 2 N–H and O–H groups in total. The summed E-state index contributed by atoms with van der Waals surface area (Å²) in [4.78, 5) is 4.62. The Labute approximate surface area is 115 Å². The number of anilines is 1. The highest BCUT2D eigenvalue weighted by Crippen LogP contribution is 2.22. The second kappa shape index (κ2) is 6.09. The molecule has 0 fully saturated rings. The number of nitrogens with two attached hydrogens (primary N) is 1. The summed E-state index contributed by atoms with van der Waals surface area (Å²) in [6.45, 7) is 7.70. The molecule has 1 atom stereocenters. The van der Waals surface area contributed by atoms with E-state index < -0.39 is 0 Å². The molecular weight excluding hydrogens is 234 g/mol. The van der Waals surface area contributed by atoms with Crippen LogP contribution in [0, 0.1) is 12.8 Å². The minimum atomic E-state index is 0.744. The Bertz CT molecular complexity index is 542. The van der Waals surface area contributed by atoms with Gasteiger partial charge in [0.15, 0.2) is 0 Å². The van der Waals surface area contributed by atoms with Gasteiger partial charge in [-0.2, -0.15) is 0 Å². The summed E-state index contributed by atoms with van der Waals surface area (Å²) in [5.74, 6) is 1.84. The number of hydrogen-bond acceptors (Lipinski definition) is 2. The van der Waals surface area contributed by atoms with Crippen LogP contribution in [0.5, 0.6) is 0 Å². The Kier molecular flexibility index (Phi) is 4.46. The van der Waals surface area contributed by atoms with Gasteiger partial charge in [0.05, 0.1) is 11.0 Å². The third kappa shape index (κ3) is 3.09. The first kappa shape index (κ1) is 13.9. The van der Waals surface area contributed by atoms with Crippen molar-refractivity contribution in [2.45, 2.75) is 53.0 Å². The molecule has 1 aromatic heterocycles. The molecule has 2 aromatic rings. The molecular formula is C16H25N3. The Balaban J connectivity index is 2.26. The van der Waals surface area contributed by atoms with Gasteiger partial charge in [0.2, 0.25) is 0 Å². The molecule has 19 heavy (non-hydrogen) atoms. The molecule has 3 nitrogen and oxygen atoms in total. The molecule has 104 valence electrons. The molecule has 0 spiro atoms. The highest BCUT2D eigenvalue weighted by atomic mass is 15.1. The maximum Gasteiger partial charge on any atom is 0.106 e. The zero-order chi connectivity index (χ0) is 13.8. The molecule has 3 heteroatoms. The predicted octanol–water partition coefficient (Wildman–Crippen LogP) is 4.14. The lowest BCUT2D eigenvalue weighted by atomic mass is 9.99. The summed E-state index contributed by atoms with van der Waals surface area (Å²) >= 11 is 0. The van der Waals surface area contributed by atoms with E-state index in [0.29, 0.717) is 0 Å².